The number of hydrogen-bond donors (Lipinski definition) is 1. The van der Waals surface area contributed by atoms with Gasteiger partial charge in [-0.1, -0.05) is 72.9 Å². The number of rotatable bonds is 0. The van der Waals surface area contributed by atoms with Gasteiger partial charge in [0.2, 0.25) is 0 Å². The van der Waals surface area contributed by atoms with Gasteiger partial charge in [-0.15, -0.1) is 22.7 Å². The normalized spacial score (nSPS) is 13.4. The van der Waals surface area contributed by atoms with E-state index in [0.717, 1.165) is 50.5 Å². The van der Waals surface area contributed by atoms with Crippen molar-refractivity contribution in [1.29, 1.82) is 0 Å². The van der Waals surface area contributed by atoms with Gasteiger partial charge in [0.15, 0.2) is 0 Å². The van der Waals surface area contributed by atoms with Gasteiger partial charge in [-0.25, -0.2) is 0 Å². The third-order valence-corrected chi connectivity index (χ3v) is 4.69. The predicted octanol–water partition coefficient (Wildman–Crippen LogP) is 3.89. The van der Waals surface area contributed by atoms with E-state index < -0.39 is 5.97 Å². The fourth-order valence-electron chi connectivity index (χ4n) is 3.36. The Hall–Kier alpha value is -3.97. The molecule has 0 fully saturated rings. The fourth-order valence-corrected chi connectivity index (χ4v) is 3.36. The summed E-state index contributed by atoms with van der Waals surface area (Å²) in [7, 11) is 0. The molecule has 0 atom stereocenters. The molecule has 8 heteroatoms. The standard InChI is InChI=1S/2C12H8N2.C2H4O2.Mn.H2O/c2*1-3-9-5-6-10-4-2-8-14-12(10)11(9)13-7-1;1-2(3)4;;/h2*1-8H;1H3,(H,3,4);;1H2/q2*-2;;;. The van der Waals surface area contributed by atoms with Gasteiger partial charge in [0.25, 0.3) is 5.97 Å². The number of fused-ring (bicyclic) bond motifs is 6. The Balaban J connectivity index is 0.000000198. The van der Waals surface area contributed by atoms with Gasteiger partial charge in [0.05, 0.1) is 0 Å². The zero-order valence-electron chi connectivity index (χ0n) is 18.3. The van der Waals surface area contributed by atoms with E-state index in [2.05, 4.69) is 69.8 Å². The summed E-state index contributed by atoms with van der Waals surface area (Å²) in [6, 6.07) is 8.30. The zero-order valence-corrected chi connectivity index (χ0v) is 19.4. The van der Waals surface area contributed by atoms with Crippen LogP contribution in [0.1, 0.15) is 6.92 Å². The summed E-state index contributed by atoms with van der Waals surface area (Å²) in [6.07, 6.45) is 23.2. The SMILES string of the molecule is C1=C[N-]c2c3c(ccc2=C1)=CC=C[N-]3.C1=C[N-]c2c3c(ccc2=C1)=CC=C[N-]3.CC(=O)O.O.[Mn]. The van der Waals surface area contributed by atoms with E-state index in [-0.39, 0.29) is 22.5 Å². The van der Waals surface area contributed by atoms with Crippen LogP contribution in [0.2, 0.25) is 0 Å². The molecule has 6 rings (SSSR count). The molecule has 0 saturated carbocycles. The third kappa shape index (κ3) is 6.08. The molecule has 0 amide bonds. The van der Waals surface area contributed by atoms with Crippen LogP contribution in [0.5, 0.6) is 0 Å². The third-order valence-electron chi connectivity index (χ3n) is 4.69. The molecule has 4 heterocycles. The molecule has 34 heavy (non-hydrogen) atoms. The Morgan fingerprint density at radius 2 is 0.794 bits per heavy atom. The zero-order chi connectivity index (χ0) is 22.3. The average Bonchev–Trinajstić information content (AvgIpc) is 2.84. The van der Waals surface area contributed by atoms with Gasteiger partial charge in [-0.3, -0.25) is 4.79 Å². The Labute approximate surface area is 207 Å². The largest absolute Gasteiger partial charge is 0.665 e. The van der Waals surface area contributed by atoms with E-state index >= 15 is 0 Å². The summed E-state index contributed by atoms with van der Waals surface area (Å²) < 4.78 is 0. The van der Waals surface area contributed by atoms with Crippen molar-refractivity contribution in [2.24, 2.45) is 0 Å². The second-order valence-electron chi connectivity index (χ2n) is 6.95. The molecule has 2 aromatic rings. The van der Waals surface area contributed by atoms with Crippen molar-refractivity contribution >= 4 is 53.0 Å². The van der Waals surface area contributed by atoms with Crippen LogP contribution in [-0.2, 0) is 21.9 Å². The fraction of sp³-hybridized carbons (Fsp3) is 0.0385. The maximum atomic E-state index is 9.00. The van der Waals surface area contributed by atoms with Crippen LogP contribution >= 0.6 is 0 Å². The van der Waals surface area contributed by atoms with Gasteiger partial charge in [0, 0.05) is 24.0 Å². The van der Waals surface area contributed by atoms with Crippen molar-refractivity contribution in [2.45, 2.75) is 6.92 Å². The Bertz CT molecular complexity index is 1210. The summed E-state index contributed by atoms with van der Waals surface area (Å²) in [5.74, 6) is -0.833. The molecule has 0 aliphatic carbocycles. The van der Waals surface area contributed by atoms with Crippen molar-refractivity contribution < 1.29 is 32.4 Å². The molecular weight excluding hydrogens is 471 g/mol. The van der Waals surface area contributed by atoms with Crippen molar-refractivity contribution in [3.05, 3.63) is 116 Å². The Kier molecular flexibility index (Phi) is 9.52. The Morgan fingerprint density at radius 1 is 0.588 bits per heavy atom. The molecule has 0 bridgehead atoms. The molecule has 0 aromatic heterocycles. The van der Waals surface area contributed by atoms with E-state index in [4.69, 9.17) is 9.90 Å². The monoisotopic (exact) mass is 493 g/mol. The minimum absolute atomic E-state index is 0. The second kappa shape index (κ2) is 12.3. The maximum Gasteiger partial charge on any atom is 0.300 e. The molecule has 0 saturated heterocycles. The quantitative estimate of drug-likeness (QED) is 0.559. The van der Waals surface area contributed by atoms with Crippen molar-refractivity contribution in [3.8, 4) is 0 Å². The number of carboxylic acid groups (broad SMARTS) is 1. The summed E-state index contributed by atoms with van der Waals surface area (Å²) in [6.45, 7) is 1.08. The van der Waals surface area contributed by atoms with Crippen LogP contribution in [0.15, 0.2) is 73.4 Å². The van der Waals surface area contributed by atoms with Gasteiger partial charge in [0.1, 0.15) is 0 Å². The maximum absolute atomic E-state index is 9.00. The number of carboxylic acids is 1. The molecule has 3 N–H and O–H groups in total. The van der Waals surface area contributed by atoms with E-state index in [0.29, 0.717) is 0 Å². The first-order chi connectivity index (χ1) is 15.6. The number of carbonyl (C=O) groups is 1. The molecule has 4 aliphatic rings. The summed E-state index contributed by atoms with van der Waals surface area (Å²) in [5, 5.41) is 29.4. The predicted molar refractivity (Wildman–Crippen MR) is 135 cm³/mol. The molecule has 2 aromatic carbocycles. The van der Waals surface area contributed by atoms with E-state index in [1.54, 1.807) is 24.8 Å². The number of benzene rings is 2. The van der Waals surface area contributed by atoms with Crippen molar-refractivity contribution in [3.63, 3.8) is 0 Å². The summed E-state index contributed by atoms with van der Waals surface area (Å²) >= 11 is 0. The molecule has 7 nitrogen and oxygen atoms in total. The molecule has 175 valence electrons. The topological polar surface area (TPSA) is 125 Å². The first-order valence-electron chi connectivity index (χ1n) is 10.00. The average molecular weight is 493 g/mol. The van der Waals surface area contributed by atoms with Crippen molar-refractivity contribution in [2.75, 3.05) is 0 Å². The van der Waals surface area contributed by atoms with E-state index in [1.807, 2.05) is 24.3 Å². The van der Waals surface area contributed by atoms with Crippen LogP contribution in [0.25, 0.3) is 45.6 Å². The van der Waals surface area contributed by atoms with Crippen molar-refractivity contribution in [1.82, 2.24) is 0 Å². The van der Waals surface area contributed by atoms with Gasteiger partial charge >= 0.3 is 0 Å². The number of allylic oxidation sites excluding steroid dienone is 4. The first-order valence-corrected chi connectivity index (χ1v) is 10.00. The van der Waals surface area contributed by atoms with Crippen LogP contribution < -0.4 is 20.9 Å². The number of hydrogen-bond acceptors (Lipinski definition) is 1. The minimum Gasteiger partial charge on any atom is -0.665 e. The Morgan fingerprint density at radius 3 is 1.00 bits per heavy atom. The molecule has 4 aliphatic heterocycles. The van der Waals surface area contributed by atoms with Crippen LogP contribution in [0.4, 0.5) is 22.7 Å². The summed E-state index contributed by atoms with van der Waals surface area (Å²) in [5.41, 5.74) is 3.91. The molecule has 0 unspecified atom stereocenters. The van der Waals surface area contributed by atoms with E-state index in [9.17, 15) is 0 Å². The number of nitrogens with zero attached hydrogens (tertiary/aromatic N) is 4. The number of aliphatic carboxylic acids is 1. The second-order valence-corrected chi connectivity index (χ2v) is 6.95. The molecule has 1 radical (unpaired) electrons. The molecule has 0 spiro atoms. The van der Waals surface area contributed by atoms with Crippen LogP contribution in [0.3, 0.4) is 0 Å². The smallest absolute Gasteiger partial charge is 0.300 e. The minimum atomic E-state index is -0.833. The van der Waals surface area contributed by atoms with E-state index in [1.165, 1.54) is 0 Å². The van der Waals surface area contributed by atoms with Gasteiger partial charge in [-0.05, 0) is 20.9 Å². The summed E-state index contributed by atoms with van der Waals surface area (Å²) in [4.78, 5) is 9.00. The first kappa shape index (κ1) is 26.3. The molecular formula is C26H22MnN4O3-4. The van der Waals surface area contributed by atoms with Crippen LogP contribution in [0, 0.1) is 0 Å². The van der Waals surface area contributed by atoms with Gasteiger partial charge in [-0.2, -0.15) is 24.8 Å². The van der Waals surface area contributed by atoms with Gasteiger partial charge < -0.3 is 31.8 Å². The van der Waals surface area contributed by atoms with Crippen LogP contribution in [-0.4, -0.2) is 16.6 Å².